The SMILES string of the molecule is CN(c1cccc(NC(=O)C2CN(S(=O)(=O)c3ccc(Cl)cc3)c3ccccc3O2)c1)S(C)(=O)=O. The number of halogens is 1. The first kappa shape index (κ1) is 24.8. The molecule has 0 fully saturated rings. The normalized spacial score (nSPS) is 15.6. The van der Waals surface area contributed by atoms with Crippen LogP contribution in [0.15, 0.2) is 77.7 Å². The second-order valence-electron chi connectivity index (χ2n) is 7.83. The first-order chi connectivity index (χ1) is 16.5. The lowest BCUT2D eigenvalue weighted by molar-refractivity contribution is -0.122. The Bertz CT molecular complexity index is 1480. The Morgan fingerprint density at radius 1 is 1.03 bits per heavy atom. The highest BCUT2D eigenvalue weighted by atomic mass is 35.5. The van der Waals surface area contributed by atoms with Crippen LogP contribution in [-0.2, 0) is 24.8 Å². The number of nitrogens with one attached hydrogen (secondary N) is 1. The Morgan fingerprint density at radius 2 is 1.71 bits per heavy atom. The van der Waals surface area contributed by atoms with Crippen LogP contribution in [-0.4, -0.2) is 48.7 Å². The van der Waals surface area contributed by atoms with Gasteiger partial charge in [0.15, 0.2) is 6.10 Å². The number of para-hydroxylation sites is 2. The van der Waals surface area contributed by atoms with Crippen molar-refractivity contribution in [2.45, 2.75) is 11.0 Å². The summed E-state index contributed by atoms with van der Waals surface area (Å²) in [5.74, 6) is -0.350. The molecule has 1 N–H and O–H groups in total. The highest BCUT2D eigenvalue weighted by molar-refractivity contribution is 7.93. The maximum Gasteiger partial charge on any atom is 0.267 e. The quantitative estimate of drug-likeness (QED) is 0.518. The lowest BCUT2D eigenvalue weighted by Gasteiger charge is -2.34. The number of carbonyl (C=O) groups is 1. The van der Waals surface area contributed by atoms with Crippen LogP contribution in [0.1, 0.15) is 0 Å². The van der Waals surface area contributed by atoms with Crippen molar-refractivity contribution in [1.82, 2.24) is 0 Å². The molecule has 3 aromatic rings. The number of fused-ring (bicyclic) bond motifs is 1. The Morgan fingerprint density at radius 3 is 2.40 bits per heavy atom. The number of sulfonamides is 2. The van der Waals surface area contributed by atoms with Gasteiger partial charge in [0.25, 0.3) is 15.9 Å². The fourth-order valence-electron chi connectivity index (χ4n) is 3.49. The van der Waals surface area contributed by atoms with Crippen LogP contribution >= 0.6 is 11.6 Å². The maximum absolute atomic E-state index is 13.4. The van der Waals surface area contributed by atoms with E-state index in [1.807, 2.05) is 0 Å². The summed E-state index contributed by atoms with van der Waals surface area (Å²) in [5.41, 5.74) is 0.994. The Kier molecular flexibility index (Phi) is 6.67. The molecule has 0 bridgehead atoms. The van der Waals surface area contributed by atoms with Crippen molar-refractivity contribution in [1.29, 1.82) is 0 Å². The van der Waals surface area contributed by atoms with Crippen LogP contribution in [0.4, 0.5) is 17.1 Å². The van der Waals surface area contributed by atoms with Crippen molar-refractivity contribution in [2.24, 2.45) is 0 Å². The highest BCUT2D eigenvalue weighted by Gasteiger charge is 2.37. The average Bonchev–Trinajstić information content (AvgIpc) is 2.82. The molecular formula is C23H22ClN3O6S2. The molecule has 4 rings (SSSR count). The molecule has 0 spiro atoms. The summed E-state index contributed by atoms with van der Waals surface area (Å²) in [7, 11) is -6.12. The van der Waals surface area contributed by atoms with Crippen LogP contribution in [0.2, 0.25) is 5.02 Å². The van der Waals surface area contributed by atoms with Crippen LogP contribution < -0.4 is 18.7 Å². The smallest absolute Gasteiger partial charge is 0.267 e. The monoisotopic (exact) mass is 535 g/mol. The largest absolute Gasteiger partial charge is 0.476 e. The van der Waals surface area contributed by atoms with Gasteiger partial charge in [-0.05, 0) is 54.6 Å². The third-order valence-electron chi connectivity index (χ3n) is 5.40. The van der Waals surface area contributed by atoms with Gasteiger partial charge < -0.3 is 10.1 Å². The Hall–Kier alpha value is -3.28. The molecule has 1 amide bonds. The molecule has 3 aromatic carbocycles. The van der Waals surface area contributed by atoms with Gasteiger partial charge in [0.2, 0.25) is 10.0 Å². The highest BCUT2D eigenvalue weighted by Crippen LogP contribution is 2.37. The van der Waals surface area contributed by atoms with E-state index in [9.17, 15) is 21.6 Å². The molecule has 35 heavy (non-hydrogen) atoms. The number of benzene rings is 3. The molecule has 0 radical (unpaired) electrons. The molecule has 0 aliphatic carbocycles. The van der Waals surface area contributed by atoms with Gasteiger partial charge in [-0.1, -0.05) is 29.8 Å². The summed E-state index contributed by atoms with van der Waals surface area (Å²) in [5, 5.41) is 3.08. The third-order valence-corrected chi connectivity index (χ3v) is 8.66. The van der Waals surface area contributed by atoms with Crippen LogP contribution in [0.5, 0.6) is 5.75 Å². The second-order valence-corrected chi connectivity index (χ2v) is 12.1. The van der Waals surface area contributed by atoms with Crippen molar-refractivity contribution in [2.75, 3.05) is 33.8 Å². The molecule has 1 unspecified atom stereocenters. The summed E-state index contributed by atoms with van der Waals surface area (Å²) >= 11 is 5.91. The fraction of sp³-hybridized carbons (Fsp3) is 0.174. The van der Waals surface area contributed by atoms with Crippen molar-refractivity contribution in [3.05, 3.63) is 77.8 Å². The van der Waals surface area contributed by atoms with Gasteiger partial charge >= 0.3 is 0 Å². The first-order valence-electron chi connectivity index (χ1n) is 10.4. The van der Waals surface area contributed by atoms with E-state index in [-0.39, 0.29) is 17.2 Å². The van der Waals surface area contributed by atoms with Crippen molar-refractivity contribution < 1.29 is 26.4 Å². The predicted octanol–water partition coefficient (Wildman–Crippen LogP) is 3.33. The molecule has 0 saturated carbocycles. The van der Waals surface area contributed by atoms with Gasteiger partial charge in [0, 0.05) is 17.8 Å². The molecule has 1 atom stereocenters. The lowest BCUT2D eigenvalue weighted by atomic mass is 10.2. The summed E-state index contributed by atoms with van der Waals surface area (Å²) in [6.45, 7) is -0.267. The number of nitrogens with zero attached hydrogens (tertiary/aromatic N) is 2. The predicted molar refractivity (Wildman–Crippen MR) is 135 cm³/mol. The molecular weight excluding hydrogens is 514 g/mol. The van der Waals surface area contributed by atoms with Crippen molar-refractivity contribution in [3.63, 3.8) is 0 Å². The third kappa shape index (κ3) is 5.21. The van der Waals surface area contributed by atoms with E-state index in [1.54, 1.807) is 42.5 Å². The van der Waals surface area contributed by atoms with Crippen molar-refractivity contribution >= 4 is 54.6 Å². The zero-order chi connectivity index (χ0) is 25.4. The summed E-state index contributed by atoms with van der Waals surface area (Å²) in [6.07, 6.45) is -0.0929. The minimum Gasteiger partial charge on any atom is -0.476 e. The average molecular weight is 536 g/mol. The zero-order valence-electron chi connectivity index (χ0n) is 18.8. The molecule has 1 aliphatic heterocycles. The molecule has 1 aliphatic rings. The van der Waals surface area contributed by atoms with E-state index in [4.69, 9.17) is 16.3 Å². The van der Waals surface area contributed by atoms with E-state index >= 15 is 0 Å². The first-order valence-corrected chi connectivity index (χ1v) is 14.0. The number of carbonyl (C=O) groups excluding carboxylic acids is 1. The number of anilines is 3. The van der Waals surface area contributed by atoms with E-state index < -0.39 is 32.1 Å². The van der Waals surface area contributed by atoms with Crippen molar-refractivity contribution in [3.8, 4) is 5.75 Å². The number of hydrogen-bond acceptors (Lipinski definition) is 6. The zero-order valence-corrected chi connectivity index (χ0v) is 21.1. The molecule has 9 nitrogen and oxygen atoms in total. The fourth-order valence-corrected chi connectivity index (χ4v) is 5.59. The van der Waals surface area contributed by atoms with Gasteiger partial charge in [-0.2, -0.15) is 0 Å². The molecule has 12 heteroatoms. The number of ether oxygens (including phenoxy) is 1. The summed E-state index contributed by atoms with van der Waals surface area (Å²) < 4.78 is 58.6. The van der Waals surface area contributed by atoms with Gasteiger partial charge in [0.05, 0.1) is 29.1 Å². The second kappa shape index (κ2) is 9.40. The van der Waals surface area contributed by atoms with Crippen LogP contribution in [0.3, 0.4) is 0 Å². The standard InChI is InChI=1S/C23H22ClN3O6S2/c1-26(34(2,29)30)18-7-5-6-17(14-18)25-23(28)22-15-27(20-8-3-4-9-21(20)33-22)35(31,32)19-12-10-16(24)11-13-19/h3-14,22H,15H2,1-2H3,(H,25,28). The summed E-state index contributed by atoms with van der Waals surface area (Å²) in [4.78, 5) is 13.1. The van der Waals surface area contributed by atoms with Gasteiger partial charge in [-0.15, -0.1) is 0 Å². The Labute approximate surface area is 209 Å². The molecule has 1 heterocycles. The number of rotatable bonds is 6. The molecule has 0 aromatic heterocycles. The Balaban J connectivity index is 1.62. The minimum absolute atomic E-state index is 0.0225. The minimum atomic E-state index is -4.02. The van der Waals surface area contributed by atoms with E-state index in [0.717, 1.165) is 14.9 Å². The van der Waals surface area contributed by atoms with Crippen LogP contribution in [0.25, 0.3) is 0 Å². The van der Waals surface area contributed by atoms with Crippen LogP contribution in [0, 0.1) is 0 Å². The van der Waals surface area contributed by atoms with E-state index in [0.29, 0.717) is 22.1 Å². The lowest BCUT2D eigenvalue weighted by Crippen LogP contribution is -2.48. The number of hydrogen-bond donors (Lipinski definition) is 1. The molecule has 184 valence electrons. The van der Waals surface area contributed by atoms with E-state index in [1.165, 1.54) is 37.4 Å². The van der Waals surface area contributed by atoms with E-state index in [2.05, 4.69) is 5.32 Å². The molecule has 0 saturated heterocycles. The topological polar surface area (TPSA) is 113 Å². The van der Waals surface area contributed by atoms with Gasteiger partial charge in [-0.25, -0.2) is 16.8 Å². The summed E-state index contributed by atoms with van der Waals surface area (Å²) in [6, 6.07) is 18.6. The number of amides is 1. The van der Waals surface area contributed by atoms with Gasteiger partial charge in [-0.3, -0.25) is 13.4 Å². The van der Waals surface area contributed by atoms with Gasteiger partial charge in [0.1, 0.15) is 5.75 Å². The maximum atomic E-state index is 13.4.